The third-order valence-corrected chi connectivity index (χ3v) is 9.05. The molecule has 0 radical (unpaired) electrons. The standard InChI is InChI=1S/C38H54N14O10/c39-35(40)43-13-1-3-25-31(57)45-17-21-5-7-22(8-6-21)18-46-32(58)26(4-2-14-44-36(41)42)50-38(62)52-28(16-30(55)56)34(60)48-20-24-11-9-23(10-12-24)19-47-33(59)27(15-29(53)54)51-37(61)49-25/h5-12,25-28H,1-4,13-20H2,(H,45,57)(H,46,58)(H,47,59)(H,48,60)(H,53,54)(H,55,56)(H4,39,40,43)(H4,41,42,44)(H2,49,51,61)(H2,50,52,62)/t25-,26-,27-,28-/m0/s1. The van der Waals surface area contributed by atoms with Gasteiger partial charge in [-0.2, -0.15) is 0 Å². The SMILES string of the molecule is NC(N)=NCCC[C@@H]1NC(=O)N[C@@H](CC(=O)O)C(=O)NCc2ccc(cc2)CNC(=O)[C@H](CC(=O)O)NC(=O)N[C@@H](CCCN=C(N)N)C(=O)NCc2ccc(cc2)CNC1=O. The van der Waals surface area contributed by atoms with Crippen molar-refractivity contribution in [2.45, 2.75) is 88.9 Å². The van der Waals surface area contributed by atoms with Gasteiger partial charge in [-0.05, 0) is 47.9 Å². The maximum atomic E-state index is 13.4. The minimum Gasteiger partial charge on any atom is -0.481 e. The normalized spacial score (nSPS) is 19.7. The highest BCUT2D eigenvalue weighted by Gasteiger charge is 2.28. The molecule has 4 aliphatic rings. The number of aliphatic carboxylic acids is 2. The summed E-state index contributed by atoms with van der Waals surface area (Å²) in [4.78, 5) is 110. The fourth-order valence-corrected chi connectivity index (χ4v) is 5.83. The number of urea groups is 2. The molecular formula is C38H54N14O10. The molecule has 4 bridgehead atoms. The van der Waals surface area contributed by atoms with E-state index in [-0.39, 0.29) is 76.9 Å². The summed E-state index contributed by atoms with van der Waals surface area (Å²) in [7, 11) is 0. The van der Waals surface area contributed by atoms with Crippen LogP contribution < -0.4 is 65.5 Å². The summed E-state index contributed by atoms with van der Waals surface area (Å²) < 4.78 is 0. The van der Waals surface area contributed by atoms with Crippen molar-refractivity contribution in [3.05, 3.63) is 70.8 Å². The number of benzene rings is 2. The zero-order chi connectivity index (χ0) is 45.6. The Bertz CT molecular complexity index is 1810. The third-order valence-electron chi connectivity index (χ3n) is 9.05. The molecule has 8 amide bonds. The van der Waals surface area contributed by atoms with Crippen LogP contribution in [0.3, 0.4) is 0 Å². The smallest absolute Gasteiger partial charge is 0.316 e. The Hall–Kier alpha value is -7.66. The summed E-state index contributed by atoms with van der Waals surface area (Å²) in [5.74, 6) is -5.93. The second-order valence-corrected chi connectivity index (χ2v) is 14.0. The molecule has 0 unspecified atom stereocenters. The summed E-state index contributed by atoms with van der Waals surface area (Å²) in [6.45, 7) is 0.137. The van der Waals surface area contributed by atoms with E-state index in [1.165, 1.54) is 0 Å². The van der Waals surface area contributed by atoms with Gasteiger partial charge in [0.25, 0.3) is 0 Å². The van der Waals surface area contributed by atoms with Crippen molar-refractivity contribution in [3.63, 3.8) is 0 Å². The first-order valence-electron chi connectivity index (χ1n) is 19.4. The van der Waals surface area contributed by atoms with E-state index in [2.05, 4.69) is 52.5 Å². The van der Waals surface area contributed by atoms with Gasteiger partial charge in [-0.1, -0.05) is 48.5 Å². The lowest BCUT2D eigenvalue weighted by molar-refractivity contribution is -0.140. The molecule has 0 spiro atoms. The lowest BCUT2D eigenvalue weighted by Gasteiger charge is -2.22. The van der Waals surface area contributed by atoms with Crippen molar-refractivity contribution >= 4 is 59.5 Å². The molecule has 0 saturated carbocycles. The highest BCUT2D eigenvalue weighted by atomic mass is 16.4. The number of carboxylic acid groups (broad SMARTS) is 2. The van der Waals surface area contributed by atoms with E-state index in [0.717, 1.165) is 0 Å². The number of carboxylic acids is 2. The molecule has 6 rings (SSSR count). The van der Waals surface area contributed by atoms with E-state index in [0.29, 0.717) is 22.3 Å². The summed E-state index contributed by atoms with van der Waals surface area (Å²) >= 11 is 0. The fourth-order valence-electron chi connectivity index (χ4n) is 5.83. The monoisotopic (exact) mass is 866 g/mol. The fraction of sp³-hybridized carbons (Fsp3) is 0.421. The molecule has 0 aliphatic carbocycles. The Morgan fingerprint density at radius 1 is 0.484 bits per heavy atom. The van der Waals surface area contributed by atoms with Crippen LogP contribution in [0.1, 0.15) is 60.8 Å². The third kappa shape index (κ3) is 18.5. The number of nitrogens with zero attached hydrogens (tertiary/aromatic N) is 2. The molecule has 18 N–H and O–H groups in total. The lowest BCUT2D eigenvalue weighted by atomic mass is 10.1. The number of aliphatic imine (C=N–C) groups is 2. The maximum Gasteiger partial charge on any atom is 0.316 e. The predicted molar refractivity (Wildman–Crippen MR) is 223 cm³/mol. The molecule has 4 heterocycles. The van der Waals surface area contributed by atoms with Crippen molar-refractivity contribution < 1.29 is 48.6 Å². The molecular weight excluding hydrogens is 813 g/mol. The molecule has 4 atom stereocenters. The zero-order valence-electron chi connectivity index (χ0n) is 33.8. The van der Waals surface area contributed by atoms with E-state index >= 15 is 0 Å². The van der Waals surface area contributed by atoms with Crippen LogP contribution in [0.15, 0.2) is 58.5 Å². The van der Waals surface area contributed by atoms with Crippen LogP contribution >= 0.6 is 0 Å². The number of nitrogens with one attached hydrogen (secondary N) is 8. The van der Waals surface area contributed by atoms with Crippen LogP contribution in [0.5, 0.6) is 0 Å². The molecule has 0 fully saturated rings. The van der Waals surface area contributed by atoms with E-state index < -0.39 is 84.6 Å². The highest BCUT2D eigenvalue weighted by Crippen LogP contribution is 2.09. The molecule has 2 aromatic rings. The van der Waals surface area contributed by atoms with Crippen LogP contribution in [0.25, 0.3) is 0 Å². The van der Waals surface area contributed by atoms with Crippen molar-refractivity contribution in [1.29, 1.82) is 0 Å². The van der Waals surface area contributed by atoms with Gasteiger partial charge >= 0.3 is 24.0 Å². The quantitative estimate of drug-likeness (QED) is 0.0575. The number of guanidine groups is 2. The van der Waals surface area contributed by atoms with Gasteiger partial charge in [-0.3, -0.25) is 38.8 Å². The number of amides is 8. The Labute approximate surface area is 355 Å². The Balaban J connectivity index is 1.88. The summed E-state index contributed by atoms with van der Waals surface area (Å²) in [6, 6.07) is 5.81. The van der Waals surface area contributed by atoms with E-state index in [4.69, 9.17) is 22.9 Å². The average molecular weight is 867 g/mol. The first-order chi connectivity index (χ1) is 29.5. The number of carbonyl (C=O) groups excluding carboxylic acids is 6. The van der Waals surface area contributed by atoms with Crippen molar-refractivity contribution in [2.24, 2.45) is 32.9 Å². The Kier molecular flexibility index (Phi) is 19.7. The number of carbonyl (C=O) groups is 8. The predicted octanol–water partition coefficient (Wildman–Crippen LogP) is -3.01. The van der Waals surface area contributed by atoms with E-state index in [9.17, 15) is 48.6 Å². The molecule has 62 heavy (non-hydrogen) atoms. The second-order valence-electron chi connectivity index (χ2n) is 14.0. The van der Waals surface area contributed by atoms with Crippen molar-refractivity contribution in [3.8, 4) is 0 Å². The van der Waals surface area contributed by atoms with Crippen LogP contribution in [0.2, 0.25) is 0 Å². The first-order valence-corrected chi connectivity index (χ1v) is 19.4. The number of hydrogen-bond donors (Lipinski definition) is 14. The van der Waals surface area contributed by atoms with Gasteiger partial charge in [0.2, 0.25) is 23.6 Å². The second kappa shape index (κ2) is 25.1. The average Bonchev–Trinajstić information content (AvgIpc) is 3.21. The Morgan fingerprint density at radius 3 is 1.00 bits per heavy atom. The molecule has 2 aromatic carbocycles. The van der Waals surface area contributed by atoms with E-state index in [1.54, 1.807) is 48.5 Å². The number of hydrogen-bond acceptors (Lipinski definition) is 10. The van der Waals surface area contributed by atoms with Crippen molar-refractivity contribution in [2.75, 3.05) is 13.1 Å². The van der Waals surface area contributed by atoms with E-state index in [1.807, 2.05) is 0 Å². The summed E-state index contributed by atoms with van der Waals surface area (Å²) in [5.41, 5.74) is 24.0. The highest BCUT2D eigenvalue weighted by molar-refractivity contribution is 5.93. The van der Waals surface area contributed by atoms with Gasteiger partial charge < -0.3 is 75.7 Å². The molecule has 24 nitrogen and oxygen atoms in total. The number of nitrogens with two attached hydrogens (primary N) is 4. The molecule has 336 valence electrons. The van der Waals surface area contributed by atoms with Gasteiger partial charge in [-0.25, -0.2) is 9.59 Å². The van der Waals surface area contributed by atoms with Gasteiger partial charge in [0.05, 0.1) is 12.8 Å². The molecule has 0 saturated heterocycles. The lowest BCUT2D eigenvalue weighted by Crippen LogP contribution is -2.55. The van der Waals surface area contributed by atoms with Crippen LogP contribution in [-0.2, 0) is 54.9 Å². The summed E-state index contributed by atoms with van der Waals surface area (Å²) in [6.07, 6.45) is -0.885. The van der Waals surface area contributed by atoms with Gasteiger partial charge in [0.1, 0.15) is 24.2 Å². The minimum absolute atomic E-state index is 0.0159. The van der Waals surface area contributed by atoms with Crippen LogP contribution in [0.4, 0.5) is 9.59 Å². The first kappa shape index (κ1) is 48.7. The van der Waals surface area contributed by atoms with Gasteiger partial charge in [0.15, 0.2) is 11.9 Å². The van der Waals surface area contributed by atoms with Crippen LogP contribution in [-0.4, -0.2) is 107 Å². The van der Waals surface area contributed by atoms with Gasteiger partial charge in [-0.15, -0.1) is 0 Å². The molecule has 4 aliphatic heterocycles. The number of rotatable bonds is 12. The topological polar surface area (TPSA) is 402 Å². The minimum atomic E-state index is -1.53. The molecule has 0 aromatic heterocycles. The van der Waals surface area contributed by atoms with Gasteiger partial charge in [0, 0.05) is 39.3 Å². The largest absolute Gasteiger partial charge is 0.481 e. The zero-order valence-corrected chi connectivity index (χ0v) is 33.8. The summed E-state index contributed by atoms with van der Waals surface area (Å²) in [5, 5.41) is 39.2. The maximum absolute atomic E-state index is 13.4. The van der Waals surface area contributed by atoms with Crippen molar-refractivity contribution in [1.82, 2.24) is 42.5 Å². The molecule has 24 heteroatoms. The Morgan fingerprint density at radius 2 is 0.742 bits per heavy atom. The van der Waals surface area contributed by atoms with Crippen LogP contribution in [0, 0.1) is 0 Å².